The third-order valence-electron chi connectivity index (χ3n) is 2.52. The third kappa shape index (κ3) is 4.60. The molecule has 3 heteroatoms. The molecule has 0 amide bonds. The summed E-state index contributed by atoms with van der Waals surface area (Å²) >= 11 is 0. The van der Waals surface area contributed by atoms with Gasteiger partial charge in [-0.25, -0.2) is 0 Å². The maximum absolute atomic E-state index is 8.93. The van der Waals surface area contributed by atoms with Gasteiger partial charge in [0.05, 0.1) is 12.2 Å². The largest absolute Gasteiger partial charge is 0.390 e. The van der Waals surface area contributed by atoms with Crippen LogP contribution in [0.15, 0.2) is 0 Å². The average Bonchev–Trinajstić information content (AvgIpc) is 2.68. The molecule has 3 nitrogen and oxygen atoms in total. The van der Waals surface area contributed by atoms with Crippen LogP contribution >= 0.6 is 0 Å². The first-order chi connectivity index (χ1) is 6.30. The maximum atomic E-state index is 8.93. The molecule has 1 saturated carbocycles. The fourth-order valence-electron chi connectivity index (χ4n) is 1.60. The summed E-state index contributed by atoms with van der Waals surface area (Å²) in [4.78, 5) is 0. The Labute approximate surface area is 79.7 Å². The number of ether oxygens (including phenoxy) is 1. The summed E-state index contributed by atoms with van der Waals surface area (Å²) in [7, 11) is 0. The standard InChI is InChI=1S/C6H12O2.C4H8O/c7-5-3-1-2-4-6(5)8;1-2-4-5-3-1/h5-8H,1-4H2;1-4H2. The predicted octanol–water partition coefficient (Wildman–Crippen LogP) is 1.08. The first-order valence-corrected chi connectivity index (χ1v) is 5.24. The van der Waals surface area contributed by atoms with Crippen LogP contribution in [0.5, 0.6) is 0 Å². The zero-order valence-corrected chi connectivity index (χ0v) is 8.11. The topological polar surface area (TPSA) is 49.7 Å². The van der Waals surface area contributed by atoms with E-state index in [9.17, 15) is 0 Å². The number of rotatable bonds is 0. The van der Waals surface area contributed by atoms with Crippen LogP contribution in [-0.4, -0.2) is 35.6 Å². The summed E-state index contributed by atoms with van der Waals surface area (Å²) in [6.07, 6.45) is 5.37. The molecular formula is C10H20O3. The summed E-state index contributed by atoms with van der Waals surface area (Å²) < 4.78 is 4.94. The van der Waals surface area contributed by atoms with E-state index in [1.165, 1.54) is 12.8 Å². The molecule has 0 bridgehead atoms. The Bertz CT molecular complexity index is 106. The molecule has 2 N–H and O–H groups in total. The maximum Gasteiger partial charge on any atom is 0.0799 e. The highest BCUT2D eigenvalue weighted by molar-refractivity contribution is 4.72. The van der Waals surface area contributed by atoms with Gasteiger partial charge in [0.25, 0.3) is 0 Å². The van der Waals surface area contributed by atoms with E-state index in [1.54, 1.807) is 0 Å². The van der Waals surface area contributed by atoms with Gasteiger partial charge in [0.1, 0.15) is 0 Å². The van der Waals surface area contributed by atoms with E-state index in [4.69, 9.17) is 14.9 Å². The zero-order valence-electron chi connectivity index (χ0n) is 8.11. The van der Waals surface area contributed by atoms with Gasteiger partial charge in [-0.05, 0) is 25.7 Å². The van der Waals surface area contributed by atoms with Crippen molar-refractivity contribution in [3.05, 3.63) is 0 Å². The summed E-state index contributed by atoms with van der Waals surface area (Å²) in [6, 6.07) is 0. The van der Waals surface area contributed by atoms with Crippen molar-refractivity contribution >= 4 is 0 Å². The van der Waals surface area contributed by atoms with Crippen molar-refractivity contribution in [2.45, 2.75) is 50.7 Å². The summed E-state index contributed by atoms with van der Waals surface area (Å²) in [6.45, 7) is 2.00. The summed E-state index contributed by atoms with van der Waals surface area (Å²) in [5.74, 6) is 0. The Kier molecular flexibility index (Phi) is 5.35. The van der Waals surface area contributed by atoms with Crippen LogP contribution < -0.4 is 0 Å². The highest BCUT2D eigenvalue weighted by atomic mass is 16.5. The Morgan fingerprint density at radius 2 is 1.23 bits per heavy atom. The molecule has 2 atom stereocenters. The molecule has 2 fully saturated rings. The van der Waals surface area contributed by atoms with Gasteiger partial charge in [-0.15, -0.1) is 0 Å². The number of hydrogen-bond donors (Lipinski definition) is 2. The van der Waals surface area contributed by atoms with Gasteiger partial charge in [-0.2, -0.15) is 0 Å². The normalized spacial score (nSPS) is 33.7. The highest BCUT2D eigenvalue weighted by Gasteiger charge is 2.19. The molecule has 2 rings (SSSR count). The predicted molar refractivity (Wildman–Crippen MR) is 50.5 cm³/mol. The number of aliphatic hydroxyl groups excluding tert-OH is 2. The lowest BCUT2D eigenvalue weighted by Gasteiger charge is -2.22. The van der Waals surface area contributed by atoms with Gasteiger partial charge >= 0.3 is 0 Å². The first-order valence-electron chi connectivity index (χ1n) is 5.24. The lowest BCUT2D eigenvalue weighted by atomic mass is 9.95. The molecule has 0 aromatic rings. The van der Waals surface area contributed by atoms with Crippen molar-refractivity contribution in [1.82, 2.24) is 0 Å². The lowest BCUT2D eigenvalue weighted by molar-refractivity contribution is -0.00865. The van der Waals surface area contributed by atoms with E-state index < -0.39 is 12.2 Å². The quantitative estimate of drug-likeness (QED) is 0.598. The minimum Gasteiger partial charge on any atom is -0.390 e. The van der Waals surface area contributed by atoms with Gasteiger partial charge < -0.3 is 14.9 Å². The highest BCUT2D eigenvalue weighted by Crippen LogP contribution is 2.17. The van der Waals surface area contributed by atoms with Gasteiger partial charge in [-0.1, -0.05) is 12.8 Å². The average molecular weight is 188 g/mol. The molecule has 1 aliphatic carbocycles. The molecule has 13 heavy (non-hydrogen) atoms. The second kappa shape index (κ2) is 6.35. The van der Waals surface area contributed by atoms with Crippen LogP contribution in [-0.2, 0) is 4.74 Å². The smallest absolute Gasteiger partial charge is 0.0799 e. The Morgan fingerprint density at radius 3 is 1.46 bits per heavy atom. The van der Waals surface area contributed by atoms with Crippen LogP contribution in [0, 0.1) is 0 Å². The molecule has 2 unspecified atom stereocenters. The van der Waals surface area contributed by atoms with E-state index in [-0.39, 0.29) is 0 Å². The molecule has 1 saturated heterocycles. The van der Waals surface area contributed by atoms with E-state index >= 15 is 0 Å². The SMILES string of the molecule is C1CCOC1.OC1CCCCC1O. The molecular weight excluding hydrogens is 168 g/mol. The molecule has 1 heterocycles. The van der Waals surface area contributed by atoms with Crippen molar-refractivity contribution < 1.29 is 14.9 Å². The second-order valence-corrected chi connectivity index (χ2v) is 3.74. The van der Waals surface area contributed by atoms with E-state index in [1.807, 2.05) is 0 Å². The van der Waals surface area contributed by atoms with Crippen molar-refractivity contribution in [3.63, 3.8) is 0 Å². The van der Waals surface area contributed by atoms with Gasteiger partial charge in [0.2, 0.25) is 0 Å². The summed E-state index contributed by atoms with van der Waals surface area (Å²) in [5, 5.41) is 17.9. The first kappa shape index (κ1) is 11.0. The number of aliphatic hydroxyl groups is 2. The van der Waals surface area contributed by atoms with Crippen LogP contribution in [0.1, 0.15) is 38.5 Å². The minimum atomic E-state index is -0.441. The molecule has 1 aliphatic heterocycles. The Hall–Kier alpha value is -0.120. The summed E-state index contributed by atoms with van der Waals surface area (Å²) in [5.41, 5.74) is 0. The minimum absolute atomic E-state index is 0.441. The van der Waals surface area contributed by atoms with Crippen molar-refractivity contribution in [2.24, 2.45) is 0 Å². The Balaban J connectivity index is 0.000000145. The molecule has 0 spiro atoms. The molecule has 0 aromatic carbocycles. The van der Waals surface area contributed by atoms with Crippen LogP contribution in [0.3, 0.4) is 0 Å². The van der Waals surface area contributed by atoms with Crippen LogP contribution in [0.25, 0.3) is 0 Å². The fourth-order valence-corrected chi connectivity index (χ4v) is 1.60. The molecule has 2 aliphatic rings. The molecule has 78 valence electrons. The Morgan fingerprint density at radius 1 is 0.769 bits per heavy atom. The molecule has 0 aromatic heterocycles. The van der Waals surface area contributed by atoms with Gasteiger partial charge in [-0.3, -0.25) is 0 Å². The second-order valence-electron chi connectivity index (χ2n) is 3.74. The fraction of sp³-hybridized carbons (Fsp3) is 1.00. The molecule has 0 radical (unpaired) electrons. The monoisotopic (exact) mass is 188 g/mol. The van der Waals surface area contributed by atoms with Crippen LogP contribution in [0.4, 0.5) is 0 Å². The van der Waals surface area contributed by atoms with E-state index in [0.717, 1.165) is 38.9 Å². The van der Waals surface area contributed by atoms with Gasteiger partial charge in [0.15, 0.2) is 0 Å². The van der Waals surface area contributed by atoms with Crippen LogP contribution in [0.2, 0.25) is 0 Å². The van der Waals surface area contributed by atoms with Crippen molar-refractivity contribution in [2.75, 3.05) is 13.2 Å². The zero-order chi connectivity index (χ0) is 9.52. The van der Waals surface area contributed by atoms with Crippen molar-refractivity contribution in [3.8, 4) is 0 Å². The van der Waals surface area contributed by atoms with Gasteiger partial charge in [0, 0.05) is 13.2 Å². The van der Waals surface area contributed by atoms with Crippen molar-refractivity contribution in [1.29, 1.82) is 0 Å². The third-order valence-corrected chi connectivity index (χ3v) is 2.52. The van der Waals surface area contributed by atoms with E-state index in [0.29, 0.717) is 0 Å². The number of hydrogen-bond acceptors (Lipinski definition) is 3. The van der Waals surface area contributed by atoms with E-state index in [2.05, 4.69) is 0 Å². The lowest BCUT2D eigenvalue weighted by Crippen LogP contribution is -2.28.